The predicted molar refractivity (Wildman–Crippen MR) is 135 cm³/mol. The van der Waals surface area contributed by atoms with E-state index in [2.05, 4.69) is 5.32 Å². The Morgan fingerprint density at radius 1 is 0.800 bits per heavy atom. The molecule has 1 aliphatic rings. The highest BCUT2D eigenvalue weighted by molar-refractivity contribution is 5.94. The van der Waals surface area contributed by atoms with E-state index in [0.29, 0.717) is 24.7 Å². The van der Waals surface area contributed by atoms with Crippen molar-refractivity contribution in [3.05, 3.63) is 131 Å². The average Bonchev–Trinajstić information content (AvgIpc) is 3.56. The van der Waals surface area contributed by atoms with Crippen molar-refractivity contribution in [2.24, 2.45) is 0 Å². The summed E-state index contributed by atoms with van der Waals surface area (Å²) in [7, 11) is 0. The highest BCUT2D eigenvalue weighted by Crippen LogP contribution is 2.28. The van der Waals surface area contributed by atoms with E-state index in [1.807, 2.05) is 102 Å². The first-order valence-corrected chi connectivity index (χ1v) is 12.0. The molecule has 5 nitrogen and oxygen atoms in total. The van der Waals surface area contributed by atoms with Crippen LogP contribution < -0.4 is 5.32 Å². The van der Waals surface area contributed by atoms with E-state index in [4.69, 9.17) is 4.42 Å². The Bertz CT molecular complexity index is 1210. The van der Waals surface area contributed by atoms with Crippen LogP contribution in [0.2, 0.25) is 0 Å². The number of carbonyl (C=O) groups excluding carboxylic acids is 2. The number of furan rings is 1. The van der Waals surface area contributed by atoms with Crippen LogP contribution in [0.3, 0.4) is 0 Å². The fourth-order valence-corrected chi connectivity index (χ4v) is 4.23. The van der Waals surface area contributed by atoms with Gasteiger partial charge in [-0.3, -0.25) is 9.59 Å². The van der Waals surface area contributed by atoms with E-state index < -0.39 is 5.92 Å². The fourth-order valence-electron chi connectivity index (χ4n) is 4.23. The normalized spacial score (nSPS) is 12.9. The minimum atomic E-state index is -0.434. The molecule has 35 heavy (non-hydrogen) atoms. The van der Waals surface area contributed by atoms with Crippen molar-refractivity contribution in [2.45, 2.75) is 37.9 Å². The van der Waals surface area contributed by atoms with Crippen molar-refractivity contribution < 1.29 is 14.0 Å². The molecule has 0 radical (unpaired) electrons. The van der Waals surface area contributed by atoms with Gasteiger partial charge in [-0.05, 0) is 53.8 Å². The molecule has 1 aromatic heterocycles. The van der Waals surface area contributed by atoms with Crippen LogP contribution in [0.5, 0.6) is 0 Å². The Balaban J connectivity index is 1.42. The summed E-state index contributed by atoms with van der Waals surface area (Å²) >= 11 is 0. The molecule has 5 heteroatoms. The van der Waals surface area contributed by atoms with Crippen molar-refractivity contribution in [3.63, 3.8) is 0 Å². The van der Waals surface area contributed by atoms with Gasteiger partial charge in [-0.15, -0.1) is 0 Å². The van der Waals surface area contributed by atoms with Gasteiger partial charge in [0.2, 0.25) is 5.91 Å². The zero-order valence-electron chi connectivity index (χ0n) is 19.5. The Morgan fingerprint density at radius 2 is 1.43 bits per heavy atom. The van der Waals surface area contributed by atoms with Gasteiger partial charge in [-0.1, -0.05) is 72.8 Å². The number of amides is 2. The summed E-state index contributed by atoms with van der Waals surface area (Å²) in [4.78, 5) is 28.3. The van der Waals surface area contributed by atoms with Gasteiger partial charge in [0.1, 0.15) is 5.76 Å². The van der Waals surface area contributed by atoms with Crippen LogP contribution in [-0.4, -0.2) is 22.8 Å². The summed E-state index contributed by atoms with van der Waals surface area (Å²) in [6, 6.07) is 31.2. The minimum Gasteiger partial charge on any atom is -0.467 e. The van der Waals surface area contributed by atoms with Crippen LogP contribution in [0.1, 0.15) is 51.6 Å². The predicted octanol–water partition coefficient (Wildman–Crippen LogP) is 5.53. The molecule has 1 saturated carbocycles. The third-order valence-corrected chi connectivity index (χ3v) is 6.25. The first-order chi connectivity index (χ1) is 17.2. The van der Waals surface area contributed by atoms with Gasteiger partial charge in [0.15, 0.2) is 0 Å². The summed E-state index contributed by atoms with van der Waals surface area (Å²) in [6.45, 7) is 0.756. The lowest BCUT2D eigenvalue weighted by Crippen LogP contribution is -2.34. The topological polar surface area (TPSA) is 62.6 Å². The molecule has 0 unspecified atom stereocenters. The molecule has 0 aliphatic heterocycles. The molecule has 0 spiro atoms. The Kier molecular flexibility index (Phi) is 6.75. The second kappa shape index (κ2) is 10.4. The maximum absolute atomic E-state index is 14.1. The maximum Gasteiger partial charge on any atom is 0.251 e. The average molecular weight is 465 g/mol. The van der Waals surface area contributed by atoms with Gasteiger partial charge < -0.3 is 14.6 Å². The van der Waals surface area contributed by atoms with Gasteiger partial charge in [-0.2, -0.15) is 0 Å². The van der Waals surface area contributed by atoms with Crippen LogP contribution >= 0.6 is 0 Å². The second-order valence-corrected chi connectivity index (χ2v) is 8.97. The van der Waals surface area contributed by atoms with E-state index in [9.17, 15) is 9.59 Å². The Morgan fingerprint density at radius 3 is 1.97 bits per heavy atom. The van der Waals surface area contributed by atoms with E-state index >= 15 is 0 Å². The number of nitrogens with zero attached hydrogens (tertiary/aromatic N) is 1. The highest BCUT2D eigenvalue weighted by Gasteiger charge is 2.28. The third-order valence-electron chi connectivity index (χ3n) is 6.25. The van der Waals surface area contributed by atoms with Gasteiger partial charge in [-0.25, -0.2) is 0 Å². The molecule has 0 bridgehead atoms. The van der Waals surface area contributed by atoms with Crippen molar-refractivity contribution in [3.8, 4) is 0 Å². The molecular formula is C30H28N2O3. The first-order valence-electron chi connectivity index (χ1n) is 12.0. The zero-order chi connectivity index (χ0) is 24.0. The van der Waals surface area contributed by atoms with Crippen molar-refractivity contribution in [1.82, 2.24) is 10.2 Å². The third kappa shape index (κ3) is 5.69. The lowest BCUT2D eigenvalue weighted by atomic mass is 9.89. The van der Waals surface area contributed by atoms with Crippen molar-refractivity contribution >= 4 is 11.8 Å². The summed E-state index contributed by atoms with van der Waals surface area (Å²) in [5.41, 5.74) is 3.48. The quantitative estimate of drug-likeness (QED) is 0.354. The van der Waals surface area contributed by atoms with Crippen LogP contribution in [0, 0.1) is 0 Å². The monoisotopic (exact) mass is 464 g/mol. The van der Waals surface area contributed by atoms with Gasteiger partial charge >= 0.3 is 0 Å². The number of rotatable bonds is 9. The van der Waals surface area contributed by atoms with Crippen molar-refractivity contribution in [1.29, 1.82) is 0 Å². The van der Waals surface area contributed by atoms with E-state index in [-0.39, 0.29) is 11.8 Å². The molecule has 4 aromatic rings. The number of hydrogen-bond donors (Lipinski definition) is 1. The zero-order valence-corrected chi connectivity index (χ0v) is 19.5. The SMILES string of the molecule is O=C(NC1CC1)c1ccc(CN(Cc2ccco2)C(=O)C(c2ccccc2)c2ccccc2)cc1. The molecule has 1 aliphatic carbocycles. The number of benzene rings is 3. The number of carbonyl (C=O) groups is 2. The summed E-state index contributed by atoms with van der Waals surface area (Å²) in [6.07, 6.45) is 3.73. The molecule has 1 heterocycles. The molecule has 0 saturated heterocycles. The largest absolute Gasteiger partial charge is 0.467 e. The van der Waals surface area contributed by atoms with Gasteiger partial charge in [0, 0.05) is 18.2 Å². The van der Waals surface area contributed by atoms with Crippen LogP contribution in [0.25, 0.3) is 0 Å². The van der Waals surface area contributed by atoms with Gasteiger partial charge in [0.25, 0.3) is 5.91 Å². The molecular weight excluding hydrogens is 436 g/mol. The van der Waals surface area contributed by atoms with Gasteiger partial charge in [0.05, 0.1) is 18.7 Å². The summed E-state index contributed by atoms with van der Waals surface area (Å²) < 4.78 is 5.59. The second-order valence-electron chi connectivity index (χ2n) is 8.97. The number of hydrogen-bond acceptors (Lipinski definition) is 3. The Hall–Kier alpha value is -4.12. The standard InChI is InChI=1S/C30H28N2O3/c33-29(31-26-17-18-26)25-15-13-22(14-16-25)20-32(21-27-12-7-19-35-27)30(34)28(23-8-3-1-4-9-23)24-10-5-2-6-11-24/h1-16,19,26,28H,17-18,20-21H2,(H,31,33). The molecule has 3 aromatic carbocycles. The highest BCUT2D eigenvalue weighted by atomic mass is 16.3. The molecule has 2 amide bonds. The smallest absolute Gasteiger partial charge is 0.251 e. The van der Waals surface area contributed by atoms with E-state index in [1.165, 1.54) is 0 Å². The maximum atomic E-state index is 14.1. The lowest BCUT2D eigenvalue weighted by Gasteiger charge is -2.28. The van der Waals surface area contributed by atoms with E-state index in [0.717, 1.165) is 35.3 Å². The number of nitrogens with one attached hydrogen (secondary N) is 1. The first kappa shape index (κ1) is 22.7. The molecule has 1 fully saturated rings. The minimum absolute atomic E-state index is 0.00523. The Labute approximate surface area is 205 Å². The summed E-state index contributed by atoms with van der Waals surface area (Å²) in [5.74, 6) is 0.236. The van der Waals surface area contributed by atoms with Crippen molar-refractivity contribution in [2.75, 3.05) is 0 Å². The van der Waals surface area contributed by atoms with Crippen LogP contribution in [0.15, 0.2) is 108 Å². The molecule has 1 N–H and O–H groups in total. The van der Waals surface area contributed by atoms with Crippen LogP contribution in [0.4, 0.5) is 0 Å². The molecule has 0 atom stereocenters. The molecule has 5 rings (SSSR count). The fraction of sp³-hybridized carbons (Fsp3) is 0.200. The lowest BCUT2D eigenvalue weighted by molar-refractivity contribution is -0.133. The molecule has 176 valence electrons. The van der Waals surface area contributed by atoms with Crippen LogP contribution in [-0.2, 0) is 17.9 Å². The van der Waals surface area contributed by atoms with E-state index in [1.54, 1.807) is 6.26 Å². The summed E-state index contributed by atoms with van der Waals surface area (Å²) in [5, 5.41) is 3.01.